The van der Waals surface area contributed by atoms with Gasteiger partial charge in [-0.15, -0.1) is 5.10 Å². The summed E-state index contributed by atoms with van der Waals surface area (Å²) in [6.07, 6.45) is 0.555. The maximum Gasteiger partial charge on any atom is 0.416 e. The van der Waals surface area contributed by atoms with Gasteiger partial charge in [0.25, 0.3) is 0 Å². The molecule has 1 unspecified atom stereocenters. The van der Waals surface area contributed by atoms with Gasteiger partial charge in [0, 0.05) is 31.1 Å². The first-order chi connectivity index (χ1) is 18.6. The zero-order valence-corrected chi connectivity index (χ0v) is 22.3. The molecule has 0 aliphatic carbocycles. The van der Waals surface area contributed by atoms with E-state index in [1.807, 2.05) is 24.8 Å². The topological polar surface area (TPSA) is 87.6 Å². The Labute approximate surface area is 226 Å². The van der Waals surface area contributed by atoms with Crippen molar-refractivity contribution in [2.45, 2.75) is 52.3 Å². The predicted octanol–water partition coefficient (Wildman–Crippen LogP) is 6.43. The van der Waals surface area contributed by atoms with Crippen LogP contribution in [-0.4, -0.2) is 48.7 Å². The van der Waals surface area contributed by atoms with Crippen LogP contribution >= 0.6 is 0 Å². The number of nitrogens with two attached hydrogens (primary N) is 1. The molecule has 1 aliphatic rings. The van der Waals surface area contributed by atoms with Crippen molar-refractivity contribution < 1.29 is 22.3 Å². The van der Waals surface area contributed by atoms with Gasteiger partial charge in [-0.3, -0.25) is 0 Å². The van der Waals surface area contributed by atoms with Crippen LogP contribution in [0.1, 0.15) is 50.3 Å². The molecule has 1 heterocycles. The van der Waals surface area contributed by atoms with Crippen LogP contribution in [0.3, 0.4) is 0 Å². The van der Waals surface area contributed by atoms with Gasteiger partial charge in [-0.05, 0) is 73.7 Å². The fraction of sp³-hybridized carbons (Fsp3) is 0.393. The normalized spacial score (nSPS) is 18.0. The fourth-order valence-corrected chi connectivity index (χ4v) is 4.08. The van der Waals surface area contributed by atoms with Crippen molar-refractivity contribution in [2.24, 2.45) is 20.9 Å². The summed E-state index contributed by atoms with van der Waals surface area (Å²) in [5.41, 5.74) is 7.86. The number of nitrogens with zero attached hydrogens (tertiary/aromatic N) is 4. The van der Waals surface area contributed by atoms with Crippen molar-refractivity contribution in [3.63, 3.8) is 0 Å². The Bertz CT molecular complexity index is 1240. The lowest BCUT2D eigenvalue weighted by molar-refractivity contribution is -0.137. The highest BCUT2D eigenvalue weighted by atomic mass is 19.4. The molecule has 2 aromatic carbocycles. The zero-order chi connectivity index (χ0) is 28.4. The number of benzene rings is 2. The van der Waals surface area contributed by atoms with Gasteiger partial charge in [0.05, 0.1) is 17.9 Å². The molecule has 39 heavy (non-hydrogen) atoms. The van der Waals surface area contributed by atoms with E-state index < -0.39 is 17.6 Å². The molecule has 1 saturated heterocycles. The first kappa shape index (κ1) is 29.8. The zero-order valence-electron chi connectivity index (χ0n) is 22.3. The molecule has 0 saturated carbocycles. The lowest BCUT2D eigenvalue weighted by atomic mass is 10.0. The Morgan fingerprint density at radius 3 is 2.64 bits per heavy atom. The minimum absolute atomic E-state index is 0.0305. The SMILES string of the molecule is C\C=C(F)/C(=N\C(N)=N/N=C/c1ccc(Nc2cccc(C(F)(F)F)c2)cc1CC)N1CCCOC(CC)C1. The number of alkyl halides is 3. The Morgan fingerprint density at radius 1 is 1.18 bits per heavy atom. The summed E-state index contributed by atoms with van der Waals surface area (Å²) in [7, 11) is 0. The van der Waals surface area contributed by atoms with E-state index in [4.69, 9.17) is 10.5 Å². The van der Waals surface area contributed by atoms with Crippen LogP contribution in [0.25, 0.3) is 0 Å². The van der Waals surface area contributed by atoms with E-state index in [9.17, 15) is 17.6 Å². The van der Waals surface area contributed by atoms with Gasteiger partial charge in [-0.1, -0.05) is 26.0 Å². The predicted molar refractivity (Wildman–Crippen MR) is 148 cm³/mol. The van der Waals surface area contributed by atoms with Crippen LogP contribution in [0.4, 0.5) is 28.9 Å². The number of ether oxygens (including phenoxy) is 1. The third kappa shape index (κ3) is 8.64. The van der Waals surface area contributed by atoms with Crippen LogP contribution < -0.4 is 11.1 Å². The molecule has 0 aromatic heterocycles. The Kier molecular flexibility index (Phi) is 10.6. The molecule has 7 nitrogen and oxygen atoms in total. The van der Waals surface area contributed by atoms with Crippen molar-refractivity contribution in [2.75, 3.05) is 25.0 Å². The Hall–Kier alpha value is -3.73. The summed E-state index contributed by atoms with van der Waals surface area (Å²) in [5, 5.41) is 11.0. The van der Waals surface area contributed by atoms with E-state index in [1.165, 1.54) is 18.4 Å². The van der Waals surface area contributed by atoms with Gasteiger partial charge in [-0.25, -0.2) is 4.39 Å². The minimum Gasteiger partial charge on any atom is -0.376 e. The van der Waals surface area contributed by atoms with Crippen molar-refractivity contribution in [1.29, 1.82) is 0 Å². The van der Waals surface area contributed by atoms with Crippen LogP contribution in [0.2, 0.25) is 0 Å². The third-order valence-corrected chi connectivity index (χ3v) is 6.15. The van der Waals surface area contributed by atoms with Gasteiger partial charge < -0.3 is 20.7 Å². The number of aliphatic imine (C=N–C) groups is 1. The smallest absolute Gasteiger partial charge is 0.376 e. The number of guanidine groups is 1. The molecular formula is C28H34F4N6O. The molecule has 1 fully saturated rings. The van der Waals surface area contributed by atoms with Crippen molar-refractivity contribution >= 4 is 29.4 Å². The maximum absolute atomic E-state index is 14.7. The van der Waals surface area contributed by atoms with Gasteiger partial charge in [0.1, 0.15) is 0 Å². The highest BCUT2D eigenvalue weighted by molar-refractivity contribution is 6.03. The lowest BCUT2D eigenvalue weighted by Gasteiger charge is -2.25. The van der Waals surface area contributed by atoms with E-state index in [1.54, 1.807) is 25.1 Å². The second-order valence-electron chi connectivity index (χ2n) is 8.95. The van der Waals surface area contributed by atoms with Crippen molar-refractivity contribution in [1.82, 2.24) is 4.90 Å². The Morgan fingerprint density at radius 2 is 1.95 bits per heavy atom. The molecule has 3 N–H and O–H groups in total. The number of hydrogen-bond donors (Lipinski definition) is 2. The van der Waals surface area contributed by atoms with Crippen molar-refractivity contribution in [3.05, 3.63) is 71.1 Å². The van der Waals surface area contributed by atoms with Crippen molar-refractivity contribution in [3.8, 4) is 0 Å². The summed E-state index contributed by atoms with van der Waals surface area (Å²) in [6.45, 7) is 7.21. The van der Waals surface area contributed by atoms with E-state index in [0.717, 1.165) is 36.1 Å². The average Bonchev–Trinajstić information content (AvgIpc) is 3.17. The van der Waals surface area contributed by atoms with Crippen LogP contribution in [0.5, 0.6) is 0 Å². The Balaban J connectivity index is 1.77. The minimum atomic E-state index is -4.42. The largest absolute Gasteiger partial charge is 0.416 e. The molecule has 1 aliphatic heterocycles. The number of anilines is 2. The number of aryl methyl sites for hydroxylation is 1. The van der Waals surface area contributed by atoms with E-state index in [2.05, 4.69) is 20.5 Å². The molecule has 11 heteroatoms. The van der Waals surface area contributed by atoms with Crippen LogP contribution in [-0.2, 0) is 17.3 Å². The fourth-order valence-electron chi connectivity index (χ4n) is 4.08. The third-order valence-electron chi connectivity index (χ3n) is 6.15. The second-order valence-corrected chi connectivity index (χ2v) is 8.95. The summed E-state index contributed by atoms with van der Waals surface area (Å²) >= 11 is 0. The summed E-state index contributed by atoms with van der Waals surface area (Å²) in [6, 6.07) is 10.4. The molecule has 2 aromatic rings. The molecular weight excluding hydrogens is 512 g/mol. The van der Waals surface area contributed by atoms with Crippen LogP contribution in [0.15, 0.2) is 69.6 Å². The van der Waals surface area contributed by atoms with E-state index in [-0.39, 0.29) is 17.9 Å². The second kappa shape index (κ2) is 13.9. The van der Waals surface area contributed by atoms with E-state index >= 15 is 0 Å². The maximum atomic E-state index is 14.7. The van der Waals surface area contributed by atoms with E-state index in [0.29, 0.717) is 37.5 Å². The average molecular weight is 547 g/mol. The van der Waals surface area contributed by atoms with Gasteiger partial charge in [0.2, 0.25) is 5.96 Å². The first-order valence-corrected chi connectivity index (χ1v) is 12.9. The molecule has 1 atom stereocenters. The molecule has 0 bridgehead atoms. The quantitative estimate of drug-likeness (QED) is 0.181. The summed E-state index contributed by atoms with van der Waals surface area (Å²) in [4.78, 5) is 6.02. The summed E-state index contributed by atoms with van der Waals surface area (Å²) in [5.74, 6) is -0.611. The highest BCUT2D eigenvalue weighted by Gasteiger charge is 2.30. The number of rotatable bonds is 7. The molecule has 0 radical (unpaired) electrons. The number of amidine groups is 1. The number of nitrogens with one attached hydrogen (secondary N) is 1. The van der Waals surface area contributed by atoms with Crippen LogP contribution in [0, 0.1) is 0 Å². The molecule has 3 rings (SSSR count). The first-order valence-electron chi connectivity index (χ1n) is 12.9. The monoisotopic (exact) mass is 546 g/mol. The molecule has 0 amide bonds. The number of halogens is 4. The van der Waals surface area contributed by atoms with Gasteiger partial charge in [-0.2, -0.15) is 23.3 Å². The molecule has 0 spiro atoms. The van der Waals surface area contributed by atoms with Gasteiger partial charge in [0.15, 0.2) is 11.7 Å². The number of hydrogen-bond acceptors (Lipinski definition) is 4. The molecule has 210 valence electrons. The standard InChI is InChI=1S/C28H34F4N6O/c1-4-19-15-23(35-22-10-7-9-21(16-22)28(30,31)32)12-11-20(19)17-34-37-27(33)36-26(25(29)6-3)38-13-8-14-39-24(5-2)18-38/h6-7,9-12,15-17,24,35H,4-5,8,13-14,18H2,1-3H3,(H2,33,37)/b25-6+,34-17+,36-26+. The highest BCUT2D eigenvalue weighted by Crippen LogP contribution is 2.31. The van der Waals surface area contributed by atoms with Gasteiger partial charge >= 0.3 is 6.18 Å². The lowest BCUT2D eigenvalue weighted by Crippen LogP contribution is -2.38. The number of allylic oxidation sites excluding steroid dienone is 1. The summed E-state index contributed by atoms with van der Waals surface area (Å²) < 4.78 is 59.5.